The summed E-state index contributed by atoms with van der Waals surface area (Å²) in [5.41, 5.74) is 3.32. The van der Waals surface area contributed by atoms with Crippen molar-refractivity contribution in [2.45, 2.75) is 5.92 Å². The minimum Gasteiger partial charge on any atom is -0.465 e. The molecule has 29 heavy (non-hydrogen) atoms. The number of ether oxygens (including phenoxy) is 1. The van der Waals surface area contributed by atoms with Crippen LogP contribution in [-0.4, -0.2) is 30.5 Å². The van der Waals surface area contributed by atoms with Gasteiger partial charge in [0.25, 0.3) is 5.91 Å². The third-order valence-electron chi connectivity index (χ3n) is 4.88. The summed E-state index contributed by atoms with van der Waals surface area (Å²) in [5, 5.41) is 4.16. The zero-order valence-corrected chi connectivity index (χ0v) is 16.7. The Morgan fingerprint density at radius 1 is 1.00 bits per heavy atom. The van der Waals surface area contributed by atoms with Crippen LogP contribution in [0.15, 0.2) is 72.9 Å². The number of esters is 1. The molecule has 0 bridgehead atoms. The molecule has 2 aromatic carbocycles. The Morgan fingerprint density at radius 3 is 2.52 bits per heavy atom. The molecular weight excluding hydrogens is 384 g/mol. The fourth-order valence-electron chi connectivity index (χ4n) is 3.43. The SMILES string of the molecule is COC(=O)c1ccc(C(=O)NCC(c2ccccc2)c2c[nH]c3ccccc23)s1. The predicted octanol–water partition coefficient (Wildman–Crippen LogP) is 4.58. The van der Waals surface area contributed by atoms with Gasteiger partial charge in [0, 0.05) is 29.6 Å². The first-order valence-electron chi connectivity index (χ1n) is 9.24. The van der Waals surface area contributed by atoms with E-state index in [9.17, 15) is 9.59 Å². The van der Waals surface area contributed by atoms with E-state index >= 15 is 0 Å². The molecule has 2 heterocycles. The number of carbonyl (C=O) groups is 2. The molecule has 1 atom stereocenters. The van der Waals surface area contributed by atoms with Crippen LogP contribution >= 0.6 is 11.3 Å². The molecule has 4 rings (SSSR count). The lowest BCUT2D eigenvalue weighted by atomic mass is 9.91. The van der Waals surface area contributed by atoms with Gasteiger partial charge in [0.1, 0.15) is 4.88 Å². The van der Waals surface area contributed by atoms with E-state index in [1.54, 1.807) is 12.1 Å². The van der Waals surface area contributed by atoms with E-state index in [0.717, 1.165) is 33.4 Å². The maximum absolute atomic E-state index is 12.7. The van der Waals surface area contributed by atoms with Gasteiger partial charge in [0.15, 0.2) is 0 Å². The minimum absolute atomic E-state index is 0.00339. The number of benzene rings is 2. The van der Waals surface area contributed by atoms with E-state index in [1.807, 2.05) is 42.6 Å². The van der Waals surface area contributed by atoms with Crippen molar-refractivity contribution < 1.29 is 14.3 Å². The summed E-state index contributed by atoms with van der Waals surface area (Å²) in [6.07, 6.45) is 2.01. The van der Waals surface area contributed by atoms with Crippen LogP contribution in [0.3, 0.4) is 0 Å². The molecule has 1 amide bonds. The molecule has 1 unspecified atom stereocenters. The Kier molecular flexibility index (Phi) is 5.44. The van der Waals surface area contributed by atoms with Crippen LogP contribution in [0.4, 0.5) is 0 Å². The molecule has 0 saturated heterocycles. The maximum atomic E-state index is 12.7. The highest BCUT2D eigenvalue weighted by molar-refractivity contribution is 7.15. The van der Waals surface area contributed by atoms with Crippen LogP contribution < -0.4 is 5.32 Å². The molecule has 2 N–H and O–H groups in total. The third kappa shape index (κ3) is 3.93. The first-order chi connectivity index (χ1) is 14.2. The summed E-state index contributed by atoms with van der Waals surface area (Å²) in [5.74, 6) is -0.641. The molecule has 0 radical (unpaired) electrons. The van der Waals surface area contributed by atoms with Crippen molar-refractivity contribution in [1.82, 2.24) is 10.3 Å². The molecule has 0 saturated carbocycles. The molecule has 0 spiro atoms. The van der Waals surface area contributed by atoms with Gasteiger partial charge in [0.2, 0.25) is 0 Å². The minimum atomic E-state index is -0.435. The van der Waals surface area contributed by atoms with Gasteiger partial charge in [-0.3, -0.25) is 4.79 Å². The van der Waals surface area contributed by atoms with Gasteiger partial charge in [-0.25, -0.2) is 4.79 Å². The zero-order valence-electron chi connectivity index (χ0n) is 15.8. The number of aromatic amines is 1. The third-order valence-corrected chi connectivity index (χ3v) is 5.95. The van der Waals surface area contributed by atoms with Crippen LogP contribution in [0.5, 0.6) is 0 Å². The average molecular weight is 404 g/mol. The number of fused-ring (bicyclic) bond motifs is 1. The van der Waals surface area contributed by atoms with Crippen molar-refractivity contribution in [3.8, 4) is 0 Å². The number of para-hydroxylation sites is 1. The van der Waals surface area contributed by atoms with E-state index in [-0.39, 0.29) is 11.8 Å². The van der Waals surface area contributed by atoms with Crippen molar-refractivity contribution >= 4 is 34.1 Å². The standard InChI is InChI=1S/C23H20N2O3S/c1-28-23(27)21-12-11-20(29-21)22(26)25-13-17(15-7-3-2-4-8-15)18-14-24-19-10-6-5-9-16(18)19/h2-12,14,17,24H,13H2,1H3,(H,25,26). The van der Waals surface area contributed by atoms with Crippen LogP contribution in [0.25, 0.3) is 10.9 Å². The molecule has 5 nitrogen and oxygen atoms in total. The van der Waals surface area contributed by atoms with Crippen molar-refractivity contribution in [2.24, 2.45) is 0 Å². The summed E-state index contributed by atoms with van der Waals surface area (Å²) in [7, 11) is 1.33. The molecule has 6 heteroatoms. The van der Waals surface area contributed by atoms with E-state index in [2.05, 4.69) is 28.5 Å². The number of aromatic nitrogens is 1. The summed E-state index contributed by atoms with van der Waals surface area (Å²) < 4.78 is 4.71. The number of H-pyrrole nitrogens is 1. The van der Waals surface area contributed by atoms with Crippen molar-refractivity contribution in [3.63, 3.8) is 0 Å². The number of nitrogens with one attached hydrogen (secondary N) is 2. The van der Waals surface area contributed by atoms with Gasteiger partial charge < -0.3 is 15.0 Å². The Balaban J connectivity index is 1.59. The Morgan fingerprint density at radius 2 is 1.72 bits per heavy atom. The molecule has 0 aliphatic rings. The highest BCUT2D eigenvalue weighted by Gasteiger charge is 2.20. The Bertz CT molecular complexity index is 1150. The second kappa shape index (κ2) is 8.32. The zero-order chi connectivity index (χ0) is 20.2. The summed E-state index contributed by atoms with van der Waals surface area (Å²) in [6, 6.07) is 21.5. The molecule has 0 aliphatic heterocycles. The predicted molar refractivity (Wildman–Crippen MR) is 115 cm³/mol. The van der Waals surface area contributed by atoms with Crippen LogP contribution in [0.2, 0.25) is 0 Å². The number of thiophene rings is 1. The fraction of sp³-hybridized carbons (Fsp3) is 0.130. The van der Waals surface area contributed by atoms with E-state index in [1.165, 1.54) is 7.11 Å². The molecule has 0 aliphatic carbocycles. The number of methoxy groups -OCH3 is 1. The quantitative estimate of drug-likeness (QED) is 0.462. The van der Waals surface area contributed by atoms with Crippen molar-refractivity contribution in [1.29, 1.82) is 0 Å². The Labute approximate surface area is 172 Å². The first kappa shape index (κ1) is 19.0. The number of carbonyl (C=O) groups excluding carboxylic acids is 2. The number of hydrogen-bond acceptors (Lipinski definition) is 4. The van der Waals surface area contributed by atoms with E-state index in [0.29, 0.717) is 16.3 Å². The monoisotopic (exact) mass is 404 g/mol. The van der Waals surface area contributed by atoms with Gasteiger partial charge in [-0.2, -0.15) is 0 Å². The second-order valence-corrected chi connectivity index (χ2v) is 7.70. The lowest BCUT2D eigenvalue weighted by molar-refractivity contribution is 0.0606. The molecule has 146 valence electrons. The number of amides is 1. The summed E-state index contributed by atoms with van der Waals surface area (Å²) >= 11 is 1.13. The van der Waals surface area contributed by atoms with Crippen molar-refractivity contribution in [3.05, 3.63) is 93.8 Å². The largest absolute Gasteiger partial charge is 0.465 e. The molecule has 4 aromatic rings. The average Bonchev–Trinajstić information content (AvgIpc) is 3.42. The second-order valence-electron chi connectivity index (χ2n) is 6.62. The van der Waals surface area contributed by atoms with Gasteiger partial charge in [-0.05, 0) is 29.3 Å². The lowest BCUT2D eigenvalue weighted by Crippen LogP contribution is -2.28. The van der Waals surface area contributed by atoms with E-state index < -0.39 is 5.97 Å². The topological polar surface area (TPSA) is 71.2 Å². The van der Waals surface area contributed by atoms with Crippen LogP contribution in [0.1, 0.15) is 36.4 Å². The molecule has 0 fully saturated rings. The Hall–Kier alpha value is -3.38. The fourth-order valence-corrected chi connectivity index (χ4v) is 4.27. The number of hydrogen-bond donors (Lipinski definition) is 2. The maximum Gasteiger partial charge on any atom is 0.348 e. The van der Waals surface area contributed by atoms with Crippen LogP contribution in [-0.2, 0) is 4.74 Å². The molecular formula is C23H20N2O3S. The smallest absolute Gasteiger partial charge is 0.348 e. The van der Waals surface area contributed by atoms with Gasteiger partial charge in [-0.1, -0.05) is 48.5 Å². The summed E-state index contributed by atoms with van der Waals surface area (Å²) in [6.45, 7) is 0.441. The number of rotatable bonds is 6. The highest BCUT2D eigenvalue weighted by atomic mass is 32.1. The lowest BCUT2D eigenvalue weighted by Gasteiger charge is -2.18. The van der Waals surface area contributed by atoms with Gasteiger partial charge in [-0.15, -0.1) is 11.3 Å². The van der Waals surface area contributed by atoms with Crippen LogP contribution in [0, 0.1) is 0 Å². The van der Waals surface area contributed by atoms with Crippen molar-refractivity contribution in [2.75, 3.05) is 13.7 Å². The highest BCUT2D eigenvalue weighted by Crippen LogP contribution is 2.30. The normalized spacial score (nSPS) is 11.9. The van der Waals surface area contributed by atoms with E-state index in [4.69, 9.17) is 4.74 Å². The van der Waals surface area contributed by atoms with Gasteiger partial charge in [0.05, 0.1) is 12.0 Å². The molecule has 2 aromatic heterocycles. The summed E-state index contributed by atoms with van der Waals surface area (Å²) in [4.78, 5) is 28.5. The first-order valence-corrected chi connectivity index (χ1v) is 10.1. The van der Waals surface area contributed by atoms with Gasteiger partial charge >= 0.3 is 5.97 Å².